The third kappa shape index (κ3) is 5.68. The molecule has 9 heteroatoms. The van der Waals surface area contributed by atoms with E-state index in [1.54, 1.807) is 30.5 Å². The molecule has 27 heavy (non-hydrogen) atoms. The van der Waals surface area contributed by atoms with Crippen molar-refractivity contribution in [2.24, 2.45) is 4.99 Å². The van der Waals surface area contributed by atoms with E-state index in [0.717, 1.165) is 44.1 Å². The first-order valence-corrected chi connectivity index (χ1v) is 9.81. The van der Waals surface area contributed by atoms with E-state index in [9.17, 15) is 4.79 Å². The Morgan fingerprint density at radius 2 is 2.07 bits per heavy atom. The van der Waals surface area contributed by atoms with Crippen LogP contribution in [0.1, 0.15) is 28.2 Å². The largest absolute Gasteiger partial charge is 0.459 e. The van der Waals surface area contributed by atoms with Gasteiger partial charge in [0.15, 0.2) is 11.7 Å². The molecule has 1 N–H and O–H groups in total. The summed E-state index contributed by atoms with van der Waals surface area (Å²) in [4.78, 5) is 25.3. The fourth-order valence-electron chi connectivity index (χ4n) is 2.94. The summed E-state index contributed by atoms with van der Waals surface area (Å²) in [6.07, 6.45) is 3.40. The van der Waals surface area contributed by atoms with Gasteiger partial charge in [0, 0.05) is 51.6 Å². The molecule has 0 radical (unpaired) electrons. The lowest BCUT2D eigenvalue weighted by Gasteiger charge is -2.36. The number of carbonyl (C=O) groups excluding carboxylic acids is 1. The Bertz CT molecular complexity index is 739. The number of carbonyl (C=O) groups is 1. The molecular formula is C18H26IN5O2S. The summed E-state index contributed by atoms with van der Waals surface area (Å²) in [5.41, 5.74) is 1.13. The molecule has 1 fully saturated rings. The summed E-state index contributed by atoms with van der Waals surface area (Å²) >= 11 is 1.72. The lowest BCUT2D eigenvalue weighted by molar-refractivity contribution is 0.0658. The molecule has 1 aliphatic heterocycles. The minimum atomic E-state index is -0.0483. The number of halogens is 1. The number of aryl methyl sites for hydroxylation is 1. The van der Waals surface area contributed by atoms with Crippen molar-refractivity contribution < 1.29 is 9.21 Å². The molecule has 1 aliphatic rings. The normalized spacial score (nSPS) is 14.8. The quantitative estimate of drug-likeness (QED) is 0.386. The highest BCUT2D eigenvalue weighted by Gasteiger charge is 2.25. The molecule has 148 valence electrons. The summed E-state index contributed by atoms with van der Waals surface area (Å²) in [6.45, 7) is 5.74. The number of furan rings is 1. The van der Waals surface area contributed by atoms with Crippen LogP contribution >= 0.6 is 35.3 Å². The van der Waals surface area contributed by atoms with Crippen molar-refractivity contribution in [3.63, 3.8) is 0 Å². The number of nitrogens with one attached hydrogen (secondary N) is 1. The molecule has 0 unspecified atom stereocenters. The van der Waals surface area contributed by atoms with Crippen LogP contribution in [0.4, 0.5) is 0 Å². The standard InChI is InChI=1S/C18H25N5O2S.HI/c1-3-16-21-14(13-26-16)6-7-20-18(19-2)23-10-8-22(9-11-23)17(24)15-5-4-12-25-15;/h4-5,12-13H,3,6-11H2,1-2H3,(H,19,20);1H. The van der Waals surface area contributed by atoms with Crippen LogP contribution in [-0.4, -0.2) is 66.4 Å². The summed E-state index contributed by atoms with van der Waals surface area (Å²) in [5.74, 6) is 1.23. The lowest BCUT2D eigenvalue weighted by atomic mass is 10.3. The molecule has 2 aromatic heterocycles. The number of guanidine groups is 1. The number of hydrogen-bond acceptors (Lipinski definition) is 5. The summed E-state index contributed by atoms with van der Waals surface area (Å²) in [7, 11) is 1.79. The summed E-state index contributed by atoms with van der Waals surface area (Å²) in [5, 5.41) is 6.71. The minimum absolute atomic E-state index is 0. The van der Waals surface area contributed by atoms with Crippen LogP contribution in [0.3, 0.4) is 0 Å². The molecule has 2 aromatic rings. The number of nitrogens with zero attached hydrogens (tertiary/aromatic N) is 4. The van der Waals surface area contributed by atoms with Gasteiger partial charge in [-0.1, -0.05) is 6.92 Å². The Morgan fingerprint density at radius 3 is 2.67 bits per heavy atom. The van der Waals surface area contributed by atoms with Gasteiger partial charge in [0.1, 0.15) is 0 Å². The number of hydrogen-bond donors (Lipinski definition) is 1. The van der Waals surface area contributed by atoms with E-state index in [-0.39, 0.29) is 29.9 Å². The van der Waals surface area contributed by atoms with Crippen LogP contribution in [0.25, 0.3) is 0 Å². The van der Waals surface area contributed by atoms with Gasteiger partial charge in [-0.3, -0.25) is 9.79 Å². The number of thiazole rings is 1. The third-order valence-corrected chi connectivity index (χ3v) is 5.42. The van der Waals surface area contributed by atoms with Gasteiger partial charge in [-0.25, -0.2) is 4.98 Å². The Morgan fingerprint density at radius 1 is 1.33 bits per heavy atom. The van der Waals surface area contributed by atoms with Crippen molar-refractivity contribution in [3.8, 4) is 0 Å². The summed E-state index contributed by atoms with van der Waals surface area (Å²) in [6, 6.07) is 3.44. The first-order chi connectivity index (χ1) is 12.7. The molecule has 0 saturated carbocycles. The van der Waals surface area contributed by atoms with E-state index in [4.69, 9.17) is 4.42 Å². The molecule has 0 aromatic carbocycles. The number of piperazine rings is 1. The molecule has 3 rings (SSSR count). The molecule has 0 atom stereocenters. The van der Waals surface area contributed by atoms with E-state index in [2.05, 4.69) is 32.5 Å². The van der Waals surface area contributed by atoms with Gasteiger partial charge < -0.3 is 19.5 Å². The van der Waals surface area contributed by atoms with Gasteiger partial charge in [0.25, 0.3) is 5.91 Å². The molecule has 1 amide bonds. The maximum absolute atomic E-state index is 12.3. The molecule has 0 aliphatic carbocycles. The highest BCUT2D eigenvalue weighted by molar-refractivity contribution is 14.0. The van der Waals surface area contributed by atoms with Crippen LogP contribution in [-0.2, 0) is 12.8 Å². The first kappa shape index (κ1) is 21.7. The van der Waals surface area contributed by atoms with E-state index in [1.807, 2.05) is 4.90 Å². The van der Waals surface area contributed by atoms with E-state index in [1.165, 1.54) is 11.3 Å². The van der Waals surface area contributed by atoms with Crippen LogP contribution in [0, 0.1) is 0 Å². The Balaban J connectivity index is 0.00000261. The second-order valence-corrected chi connectivity index (χ2v) is 7.01. The zero-order valence-electron chi connectivity index (χ0n) is 15.7. The summed E-state index contributed by atoms with van der Waals surface area (Å²) < 4.78 is 5.20. The molecule has 0 spiro atoms. The Hall–Kier alpha value is -1.62. The molecule has 0 bridgehead atoms. The van der Waals surface area contributed by atoms with Gasteiger partial charge in [-0.15, -0.1) is 35.3 Å². The molecular weight excluding hydrogens is 477 g/mol. The Labute approximate surface area is 180 Å². The highest BCUT2D eigenvalue weighted by atomic mass is 127. The number of aliphatic imine (C=N–C) groups is 1. The lowest BCUT2D eigenvalue weighted by Crippen LogP contribution is -2.54. The number of aromatic nitrogens is 1. The average Bonchev–Trinajstić information content (AvgIpc) is 3.37. The Kier molecular flexibility index (Phi) is 8.55. The van der Waals surface area contributed by atoms with Crippen molar-refractivity contribution >= 4 is 47.2 Å². The third-order valence-electron chi connectivity index (χ3n) is 4.38. The first-order valence-electron chi connectivity index (χ1n) is 8.93. The fourth-order valence-corrected chi connectivity index (χ4v) is 3.72. The van der Waals surface area contributed by atoms with Gasteiger partial charge in [0.2, 0.25) is 0 Å². The highest BCUT2D eigenvalue weighted by Crippen LogP contribution is 2.11. The predicted molar refractivity (Wildman–Crippen MR) is 118 cm³/mol. The molecule has 7 nitrogen and oxygen atoms in total. The van der Waals surface area contributed by atoms with Crippen molar-refractivity contribution in [2.75, 3.05) is 39.8 Å². The molecule has 3 heterocycles. The smallest absolute Gasteiger partial charge is 0.289 e. The maximum atomic E-state index is 12.3. The van der Waals surface area contributed by atoms with Crippen LogP contribution in [0.5, 0.6) is 0 Å². The topological polar surface area (TPSA) is 74.0 Å². The van der Waals surface area contributed by atoms with Gasteiger partial charge >= 0.3 is 0 Å². The predicted octanol–water partition coefficient (Wildman–Crippen LogP) is 2.49. The van der Waals surface area contributed by atoms with Crippen molar-refractivity contribution in [3.05, 3.63) is 40.2 Å². The zero-order valence-corrected chi connectivity index (χ0v) is 18.8. The van der Waals surface area contributed by atoms with Crippen LogP contribution in [0.2, 0.25) is 0 Å². The van der Waals surface area contributed by atoms with Crippen molar-refractivity contribution in [1.82, 2.24) is 20.1 Å². The van der Waals surface area contributed by atoms with Crippen molar-refractivity contribution in [2.45, 2.75) is 19.8 Å². The zero-order chi connectivity index (χ0) is 18.4. The van der Waals surface area contributed by atoms with E-state index in [0.29, 0.717) is 18.8 Å². The van der Waals surface area contributed by atoms with Crippen molar-refractivity contribution in [1.29, 1.82) is 0 Å². The number of amides is 1. The SMILES string of the molecule is CCc1nc(CCNC(=NC)N2CCN(C(=O)c3ccco3)CC2)cs1.I. The van der Waals surface area contributed by atoms with E-state index < -0.39 is 0 Å². The second kappa shape index (κ2) is 10.6. The van der Waals surface area contributed by atoms with Gasteiger partial charge in [-0.05, 0) is 18.6 Å². The van der Waals surface area contributed by atoms with Gasteiger partial charge in [0.05, 0.1) is 17.0 Å². The minimum Gasteiger partial charge on any atom is -0.459 e. The monoisotopic (exact) mass is 503 g/mol. The fraction of sp³-hybridized carbons (Fsp3) is 0.500. The van der Waals surface area contributed by atoms with Gasteiger partial charge in [-0.2, -0.15) is 0 Å². The number of rotatable bonds is 5. The second-order valence-electron chi connectivity index (χ2n) is 6.07. The van der Waals surface area contributed by atoms with E-state index >= 15 is 0 Å². The van der Waals surface area contributed by atoms with Crippen LogP contribution in [0.15, 0.2) is 33.2 Å². The maximum Gasteiger partial charge on any atom is 0.289 e. The average molecular weight is 503 g/mol. The van der Waals surface area contributed by atoms with Crippen LogP contribution < -0.4 is 5.32 Å². The molecule has 1 saturated heterocycles.